The van der Waals surface area contributed by atoms with Gasteiger partial charge in [0.1, 0.15) is 6.29 Å². The first kappa shape index (κ1) is 5.08. The van der Waals surface area contributed by atoms with Crippen LogP contribution >= 0.6 is 12.5 Å². The summed E-state index contributed by atoms with van der Waals surface area (Å²) in [6.45, 7) is 0.670. The minimum atomic E-state index is 0.573. The van der Waals surface area contributed by atoms with Crippen LogP contribution in [0.5, 0.6) is 0 Å². The van der Waals surface area contributed by atoms with Crippen molar-refractivity contribution in [3.8, 4) is 0 Å². The number of carbonyl (C=O) groups is 1. The number of thiol groups is 1. The molecule has 28 valence electrons. The smallest absolute Gasteiger partial charge is 0.194 e. The van der Waals surface area contributed by atoms with Crippen LogP contribution in [-0.4, -0.2) is 12.8 Å². The summed E-state index contributed by atoms with van der Waals surface area (Å²) in [7, 11) is 0. The monoisotopic (exact) mass is 88.0 g/mol. The lowest BCUT2D eigenvalue weighted by Gasteiger charge is -1.63. The molecule has 0 aromatic rings. The van der Waals surface area contributed by atoms with E-state index in [9.17, 15) is 4.79 Å². The summed E-state index contributed by atoms with van der Waals surface area (Å²) in [6, 6.07) is 0. The highest BCUT2D eigenvalue weighted by Gasteiger charge is 1.72. The molecule has 0 radical (unpaired) electrons. The Morgan fingerprint density at radius 2 is 2.60 bits per heavy atom. The topological polar surface area (TPSA) is 17.1 Å². The van der Waals surface area contributed by atoms with Crippen molar-refractivity contribution in [1.29, 1.82) is 0 Å². The third-order valence-corrected chi connectivity index (χ3v) is 0.505. The van der Waals surface area contributed by atoms with Gasteiger partial charge in [-0.05, 0) is 6.32 Å². The van der Waals surface area contributed by atoms with Crippen molar-refractivity contribution in [1.82, 2.24) is 0 Å². The van der Waals surface area contributed by atoms with E-state index < -0.39 is 0 Å². The van der Waals surface area contributed by atoms with Gasteiger partial charge in [0.2, 0.25) is 0 Å². The van der Waals surface area contributed by atoms with Crippen LogP contribution in [0.25, 0.3) is 0 Å². The summed E-state index contributed by atoms with van der Waals surface area (Å²) in [4.78, 5) is 9.36. The number of aldehydes is 1. The van der Waals surface area contributed by atoms with Gasteiger partial charge in [0.05, 0.1) is 0 Å². The molecule has 5 heavy (non-hydrogen) atoms. The third-order valence-electron chi connectivity index (χ3n) is 0.247. The Bertz CT molecular complexity index is 30.8. The van der Waals surface area contributed by atoms with Crippen molar-refractivity contribution in [2.45, 2.75) is 6.32 Å². The van der Waals surface area contributed by atoms with Crippen LogP contribution in [0.15, 0.2) is 0 Å². The Kier molecular flexibility index (Phi) is 4.15. The first-order chi connectivity index (χ1) is 2.41. The molecule has 0 rings (SSSR count). The van der Waals surface area contributed by atoms with Crippen molar-refractivity contribution in [2.75, 3.05) is 0 Å². The van der Waals surface area contributed by atoms with E-state index in [2.05, 4.69) is 12.5 Å². The van der Waals surface area contributed by atoms with Gasteiger partial charge in [0.15, 0.2) is 6.56 Å². The van der Waals surface area contributed by atoms with E-state index in [1.165, 1.54) is 0 Å². The molecule has 1 nitrogen and oxygen atoms in total. The van der Waals surface area contributed by atoms with Gasteiger partial charge in [0, 0.05) is 0 Å². The molecule has 0 bridgehead atoms. The summed E-state index contributed by atoms with van der Waals surface area (Å²) < 4.78 is 0. The summed E-state index contributed by atoms with van der Waals surface area (Å²) in [5.74, 6) is 0. The van der Waals surface area contributed by atoms with E-state index in [0.29, 0.717) is 12.9 Å². The van der Waals surface area contributed by atoms with E-state index in [1.54, 1.807) is 0 Å². The van der Waals surface area contributed by atoms with Crippen molar-refractivity contribution >= 4 is 25.3 Å². The molecule has 0 amide bonds. The molecule has 0 fully saturated rings. The zero-order valence-electron chi connectivity index (χ0n) is 2.85. The average molecular weight is 87.9 g/mol. The van der Waals surface area contributed by atoms with Crippen LogP contribution < -0.4 is 0 Å². The lowest BCUT2D eigenvalue weighted by atomic mass is 10.1. The van der Waals surface area contributed by atoms with Crippen LogP contribution in [0, 0.1) is 0 Å². The van der Waals surface area contributed by atoms with Crippen molar-refractivity contribution in [3.05, 3.63) is 0 Å². The maximum absolute atomic E-state index is 9.36. The van der Waals surface area contributed by atoms with Gasteiger partial charge in [-0.1, -0.05) is 0 Å². The fourth-order valence-electron chi connectivity index (χ4n) is 0.0527. The second kappa shape index (κ2) is 4.08. The predicted octanol–water partition coefficient (Wildman–Crippen LogP) is -0.115. The summed E-state index contributed by atoms with van der Waals surface area (Å²) in [5.41, 5.74) is 0. The minimum Gasteiger partial charge on any atom is -0.304 e. The summed E-state index contributed by atoms with van der Waals surface area (Å²) >= 11 is 3.77. The Morgan fingerprint density at radius 1 is 2.00 bits per heavy atom. The highest BCUT2D eigenvalue weighted by atomic mass is 32.1. The fraction of sp³-hybridized carbons (Fsp3) is 0.500. The summed E-state index contributed by atoms with van der Waals surface area (Å²) in [6.07, 6.45) is 1.43. The van der Waals surface area contributed by atoms with E-state index in [-0.39, 0.29) is 0 Å². The molecular weight excluding hydrogens is 82.9 g/mol. The Morgan fingerprint density at radius 3 is 2.60 bits per heavy atom. The van der Waals surface area contributed by atoms with Crippen molar-refractivity contribution in [2.24, 2.45) is 0 Å². The van der Waals surface area contributed by atoms with E-state index in [1.807, 2.05) is 0 Å². The zero-order valence-corrected chi connectivity index (χ0v) is 3.74. The van der Waals surface area contributed by atoms with Gasteiger partial charge in [-0.25, -0.2) is 12.5 Å². The maximum Gasteiger partial charge on any atom is 0.194 e. The normalized spacial score (nSPS) is 6.60. The van der Waals surface area contributed by atoms with Crippen LogP contribution in [-0.2, 0) is 4.79 Å². The van der Waals surface area contributed by atoms with Crippen molar-refractivity contribution < 1.29 is 4.79 Å². The van der Waals surface area contributed by atoms with Gasteiger partial charge in [-0.2, -0.15) is 0 Å². The van der Waals surface area contributed by atoms with Gasteiger partial charge in [-0.3, -0.25) is 0 Å². The molecule has 0 aromatic heterocycles. The average Bonchev–Trinajstić information content (AvgIpc) is 1.41. The molecule has 0 aliphatic heterocycles. The first-order valence-corrected chi connectivity index (χ1v) is 2.09. The molecule has 0 unspecified atom stereocenters. The molecule has 3 heteroatoms. The minimum absolute atomic E-state index is 0.573. The molecule has 0 atom stereocenters. The predicted molar refractivity (Wildman–Crippen MR) is 27.0 cm³/mol. The van der Waals surface area contributed by atoms with Gasteiger partial charge < -0.3 is 4.79 Å². The molecule has 0 aliphatic carbocycles. The first-order valence-electron chi connectivity index (χ1n) is 1.46. The van der Waals surface area contributed by atoms with Gasteiger partial charge >= 0.3 is 0 Å². The number of hydrogen-bond acceptors (Lipinski definition) is 2. The largest absolute Gasteiger partial charge is 0.304 e. The van der Waals surface area contributed by atoms with E-state index in [4.69, 9.17) is 0 Å². The van der Waals surface area contributed by atoms with Crippen LogP contribution in [0.1, 0.15) is 0 Å². The van der Waals surface area contributed by atoms with Crippen LogP contribution in [0.4, 0.5) is 0 Å². The number of carbonyl (C=O) groups excluding carboxylic acids is 1. The Labute approximate surface area is 37.3 Å². The highest BCUT2D eigenvalue weighted by Crippen LogP contribution is 1.70. The highest BCUT2D eigenvalue weighted by molar-refractivity contribution is 8.06. The van der Waals surface area contributed by atoms with E-state index >= 15 is 0 Å². The van der Waals surface area contributed by atoms with Crippen LogP contribution in [0.2, 0.25) is 6.32 Å². The second-order valence-electron chi connectivity index (χ2n) is 0.679. The quantitative estimate of drug-likeness (QED) is 0.283. The second-order valence-corrected chi connectivity index (χ2v) is 1.13. The lowest BCUT2D eigenvalue weighted by Crippen LogP contribution is -1.73. The standard InChI is InChI=1S/C2H5BOS/c4-2-1-3-5/h2-3,5H,1H2. The molecule has 0 saturated heterocycles. The SMILES string of the molecule is O=CCBS. The molecule has 0 heterocycles. The Balaban J connectivity index is 2.40. The number of rotatable bonds is 2. The Hall–Kier alpha value is 0.0849. The lowest BCUT2D eigenvalue weighted by molar-refractivity contribution is -0.106. The number of hydrogen-bond donors (Lipinski definition) is 1. The van der Waals surface area contributed by atoms with Gasteiger partial charge in [0.25, 0.3) is 0 Å². The maximum atomic E-state index is 9.36. The third kappa shape index (κ3) is 4.08. The molecule has 0 aliphatic rings. The van der Waals surface area contributed by atoms with E-state index in [0.717, 1.165) is 6.29 Å². The van der Waals surface area contributed by atoms with Crippen LogP contribution in [0.3, 0.4) is 0 Å². The molecule has 0 saturated carbocycles. The molecular formula is C2H5BOS. The zero-order chi connectivity index (χ0) is 4.12. The molecule has 0 aromatic carbocycles. The fourth-order valence-corrected chi connectivity index (χ4v) is 0.158. The summed E-state index contributed by atoms with van der Waals surface area (Å²) in [5, 5.41) is 0. The molecule has 0 spiro atoms. The molecule has 0 N–H and O–H groups in total. The van der Waals surface area contributed by atoms with Crippen molar-refractivity contribution in [3.63, 3.8) is 0 Å². The van der Waals surface area contributed by atoms with Gasteiger partial charge in [-0.15, -0.1) is 0 Å².